The van der Waals surface area contributed by atoms with Crippen molar-refractivity contribution in [2.45, 2.75) is 31.1 Å². The van der Waals surface area contributed by atoms with Gasteiger partial charge in [-0.25, -0.2) is 0 Å². The molecule has 9 nitrogen and oxygen atoms in total. The van der Waals surface area contributed by atoms with Gasteiger partial charge in [-0.05, 0) is 6.07 Å². The Morgan fingerprint density at radius 1 is 1.46 bits per heavy atom. The molecule has 1 amide bonds. The monoisotopic (exact) mass is 415 g/mol. The normalized spacial score (nSPS) is 29.2. The van der Waals surface area contributed by atoms with Gasteiger partial charge in [0.25, 0.3) is 5.91 Å². The van der Waals surface area contributed by atoms with E-state index in [2.05, 4.69) is 5.32 Å². The van der Waals surface area contributed by atoms with Crippen molar-refractivity contribution in [2.24, 2.45) is 0 Å². The van der Waals surface area contributed by atoms with Gasteiger partial charge >= 0.3 is 0 Å². The molecule has 0 bridgehead atoms. The van der Waals surface area contributed by atoms with E-state index in [0.29, 0.717) is 43.1 Å². The number of nitrogens with zero attached hydrogens (tertiary/aromatic N) is 1. The van der Waals surface area contributed by atoms with Crippen LogP contribution in [-0.4, -0.2) is 79.0 Å². The fourth-order valence-corrected chi connectivity index (χ4v) is 4.10. The number of rotatable bonds is 6. The highest BCUT2D eigenvalue weighted by Crippen LogP contribution is 2.38. The highest BCUT2D eigenvalue weighted by Gasteiger charge is 2.42. The molecule has 0 spiro atoms. The number of nitrogen functional groups attached to an aromatic ring is 1. The summed E-state index contributed by atoms with van der Waals surface area (Å²) < 4.78 is 9.74. The fourth-order valence-electron chi connectivity index (χ4n) is 3.88. The maximum Gasteiger partial charge on any atom is 0.255 e. The van der Waals surface area contributed by atoms with E-state index in [-0.39, 0.29) is 30.2 Å². The average Bonchev–Trinajstić information content (AvgIpc) is 3.11. The van der Waals surface area contributed by atoms with Crippen molar-refractivity contribution in [1.82, 2.24) is 5.32 Å². The summed E-state index contributed by atoms with van der Waals surface area (Å²) in [7, 11) is 1.55. The van der Waals surface area contributed by atoms with E-state index in [1.807, 2.05) is 0 Å². The minimum absolute atomic E-state index is 0.122. The number of hydrogen-bond donors (Lipinski definition) is 4. The number of aliphatic hydroxyl groups excluding tert-OH is 2. The van der Waals surface area contributed by atoms with Crippen molar-refractivity contribution in [1.29, 1.82) is 0 Å². The number of hydrogen-bond acceptors (Lipinski definition) is 7. The lowest BCUT2D eigenvalue weighted by Crippen LogP contribution is -2.67. The molecule has 3 rings (SSSR count). The van der Waals surface area contributed by atoms with Gasteiger partial charge in [0.15, 0.2) is 0 Å². The third-order valence-corrected chi connectivity index (χ3v) is 5.61. The molecule has 156 valence electrons. The molecule has 1 fully saturated rings. The minimum Gasteiger partial charge on any atom is -0.633 e. The van der Waals surface area contributed by atoms with Crippen molar-refractivity contribution >= 4 is 23.2 Å². The Hall–Kier alpha value is -1.62. The highest BCUT2D eigenvalue weighted by molar-refractivity contribution is 6.33. The maximum absolute atomic E-state index is 12.8. The number of benzene rings is 1. The van der Waals surface area contributed by atoms with Crippen LogP contribution >= 0.6 is 11.6 Å². The lowest BCUT2D eigenvalue weighted by molar-refractivity contribution is -0.893. The molecule has 2 unspecified atom stereocenters. The lowest BCUT2D eigenvalue weighted by atomic mass is 9.97. The van der Waals surface area contributed by atoms with Crippen molar-refractivity contribution in [3.63, 3.8) is 0 Å². The van der Waals surface area contributed by atoms with Gasteiger partial charge in [-0.3, -0.25) is 4.79 Å². The summed E-state index contributed by atoms with van der Waals surface area (Å²) in [6, 6.07) is 0.444. The number of carbonyl (C=O) groups excluding carboxylic acids is 1. The molecular weight excluding hydrogens is 390 g/mol. The molecule has 0 aromatic heterocycles. The number of carbonyl (C=O) groups is 1. The Morgan fingerprint density at radius 2 is 2.14 bits per heavy atom. The SMILES string of the molecule is COCCC[N+]1([O-])CC(O)C(NC(=O)c2cc(Cl)c(N)c3c2OCC3)C(O)C1. The highest BCUT2D eigenvalue weighted by atomic mass is 35.5. The largest absolute Gasteiger partial charge is 0.633 e. The van der Waals surface area contributed by atoms with E-state index >= 15 is 0 Å². The number of amides is 1. The summed E-state index contributed by atoms with van der Waals surface area (Å²) in [5, 5.41) is 36.5. The van der Waals surface area contributed by atoms with Crippen LogP contribution in [0.5, 0.6) is 5.75 Å². The first-order valence-corrected chi connectivity index (χ1v) is 9.60. The zero-order valence-corrected chi connectivity index (χ0v) is 16.4. The van der Waals surface area contributed by atoms with E-state index in [1.165, 1.54) is 6.07 Å². The van der Waals surface area contributed by atoms with Crippen LogP contribution in [-0.2, 0) is 11.2 Å². The van der Waals surface area contributed by atoms with E-state index in [0.717, 1.165) is 0 Å². The van der Waals surface area contributed by atoms with Crippen molar-refractivity contribution in [2.75, 3.05) is 45.7 Å². The zero-order valence-electron chi connectivity index (χ0n) is 15.7. The number of nitrogens with two attached hydrogens (primary N) is 1. The van der Waals surface area contributed by atoms with Gasteiger partial charge in [-0.15, -0.1) is 0 Å². The summed E-state index contributed by atoms with van der Waals surface area (Å²) >= 11 is 6.13. The Balaban J connectivity index is 1.72. The molecule has 5 N–H and O–H groups in total. The molecule has 28 heavy (non-hydrogen) atoms. The number of anilines is 1. The molecule has 2 atom stereocenters. The molecule has 1 saturated heterocycles. The molecule has 2 aliphatic heterocycles. The van der Waals surface area contributed by atoms with Crippen LogP contribution in [0, 0.1) is 5.21 Å². The smallest absolute Gasteiger partial charge is 0.255 e. The number of aliphatic hydroxyl groups is 2. The Morgan fingerprint density at radius 3 is 2.79 bits per heavy atom. The Kier molecular flexibility index (Phi) is 6.33. The summed E-state index contributed by atoms with van der Waals surface area (Å²) in [5.74, 6) is -0.180. The predicted octanol–water partition coefficient (Wildman–Crippen LogP) is 0.0420. The molecule has 2 aliphatic rings. The third kappa shape index (κ3) is 4.19. The van der Waals surface area contributed by atoms with Gasteiger partial charge in [0, 0.05) is 25.5 Å². The molecule has 1 aromatic carbocycles. The standard InChI is InChI=1S/C18H26ClN3O6/c1-27-5-2-4-22(26)8-13(23)16(14(24)9-22)21-18(25)11-7-12(19)15(20)10-3-6-28-17(10)11/h7,13-14,16,23-24H,2-6,8-9,20H2,1H3,(H,21,25). The van der Waals surface area contributed by atoms with Crippen LogP contribution in [0.2, 0.25) is 5.02 Å². The fraction of sp³-hybridized carbons (Fsp3) is 0.611. The van der Waals surface area contributed by atoms with E-state index in [9.17, 15) is 20.2 Å². The number of methoxy groups -OCH3 is 1. The Bertz CT molecular complexity index is 735. The topological polar surface area (TPSA) is 137 Å². The number of nitrogens with one attached hydrogen (secondary N) is 1. The second-order valence-corrected chi connectivity index (χ2v) is 7.76. The van der Waals surface area contributed by atoms with Gasteiger partial charge in [-0.1, -0.05) is 11.6 Å². The molecule has 1 aromatic rings. The number of piperidine rings is 1. The average molecular weight is 416 g/mol. The van der Waals surface area contributed by atoms with Gasteiger partial charge in [0.2, 0.25) is 0 Å². The van der Waals surface area contributed by atoms with Gasteiger partial charge in [0.05, 0.1) is 42.1 Å². The lowest BCUT2D eigenvalue weighted by Gasteiger charge is -2.51. The van der Waals surface area contributed by atoms with Gasteiger partial charge in [-0.2, -0.15) is 0 Å². The molecule has 10 heteroatoms. The first kappa shape index (κ1) is 21.1. The van der Waals surface area contributed by atoms with Crippen molar-refractivity contribution in [3.8, 4) is 5.75 Å². The van der Waals surface area contributed by atoms with E-state index in [4.69, 9.17) is 26.8 Å². The molecule has 2 heterocycles. The van der Waals surface area contributed by atoms with Crippen LogP contribution < -0.4 is 15.8 Å². The summed E-state index contributed by atoms with van der Waals surface area (Å²) in [4.78, 5) is 12.8. The number of quaternary nitrogens is 1. The molecule has 0 radical (unpaired) electrons. The van der Waals surface area contributed by atoms with Crippen LogP contribution in [0.15, 0.2) is 6.07 Å². The van der Waals surface area contributed by atoms with Crippen LogP contribution in [0.4, 0.5) is 5.69 Å². The van der Waals surface area contributed by atoms with Crippen molar-refractivity contribution < 1.29 is 29.1 Å². The molecule has 0 aliphatic carbocycles. The zero-order chi connectivity index (χ0) is 20.5. The number of halogens is 1. The predicted molar refractivity (Wildman–Crippen MR) is 103 cm³/mol. The van der Waals surface area contributed by atoms with E-state index in [1.54, 1.807) is 7.11 Å². The summed E-state index contributed by atoms with van der Waals surface area (Å²) in [6.07, 6.45) is -1.31. The Labute approximate surface area is 168 Å². The second kappa shape index (κ2) is 8.40. The summed E-state index contributed by atoms with van der Waals surface area (Å²) in [6.45, 7) is 0.799. The second-order valence-electron chi connectivity index (χ2n) is 7.35. The molecular formula is C18H26ClN3O6. The minimum atomic E-state index is -1.19. The van der Waals surface area contributed by atoms with E-state index < -0.39 is 28.8 Å². The van der Waals surface area contributed by atoms with Crippen LogP contribution in [0.25, 0.3) is 0 Å². The van der Waals surface area contributed by atoms with Crippen LogP contribution in [0.3, 0.4) is 0 Å². The van der Waals surface area contributed by atoms with Gasteiger partial charge in [0.1, 0.15) is 31.0 Å². The number of hydroxylamine groups is 3. The number of fused-ring (bicyclic) bond motifs is 1. The summed E-state index contributed by atoms with van der Waals surface area (Å²) in [5.41, 5.74) is 7.19. The first-order chi connectivity index (χ1) is 13.3. The van der Waals surface area contributed by atoms with Gasteiger partial charge < -0.3 is 40.6 Å². The number of ether oxygens (including phenoxy) is 2. The third-order valence-electron chi connectivity index (χ3n) is 5.30. The maximum atomic E-state index is 12.8. The number of likely N-dealkylation sites (tertiary alicyclic amines) is 1. The van der Waals surface area contributed by atoms with Crippen molar-refractivity contribution in [3.05, 3.63) is 27.4 Å². The molecule has 0 saturated carbocycles. The first-order valence-electron chi connectivity index (χ1n) is 9.22. The quantitative estimate of drug-likeness (QED) is 0.223. The van der Waals surface area contributed by atoms with Crippen LogP contribution in [0.1, 0.15) is 22.3 Å².